The van der Waals surface area contributed by atoms with E-state index < -0.39 is 10.0 Å². The van der Waals surface area contributed by atoms with Gasteiger partial charge in [-0.3, -0.25) is 9.69 Å². The summed E-state index contributed by atoms with van der Waals surface area (Å²) in [6.07, 6.45) is 0. The maximum absolute atomic E-state index is 12.2. The standard InChI is InChI=1S/C17H27N3O6S/c1-24-15-4-3-14(13-16(15)25-2)17(21)18-6-12-27(22,23)19-5-7-20-8-10-26-11-9-20/h3-4,13,19H,5-12H2,1-2H3,(H,18,21). The molecule has 152 valence electrons. The molecule has 9 nitrogen and oxygen atoms in total. The summed E-state index contributed by atoms with van der Waals surface area (Å²) in [6, 6.07) is 4.76. The first-order valence-corrected chi connectivity index (χ1v) is 10.4. The number of methoxy groups -OCH3 is 2. The molecule has 1 aliphatic heterocycles. The van der Waals surface area contributed by atoms with E-state index in [0.717, 1.165) is 13.1 Å². The molecule has 0 unspecified atom stereocenters. The van der Waals surface area contributed by atoms with Crippen LogP contribution in [0.15, 0.2) is 18.2 Å². The molecule has 0 aromatic heterocycles. The summed E-state index contributed by atoms with van der Waals surface area (Å²) in [5.74, 6) is 0.387. The van der Waals surface area contributed by atoms with Gasteiger partial charge in [-0.15, -0.1) is 0 Å². The van der Waals surface area contributed by atoms with Gasteiger partial charge in [-0.05, 0) is 18.2 Å². The zero-order chi connectivity index (χ0) is 19.7. The molecule has 10 heteroatoms. The maximum Gasteiger partial charge on any atom is 0.251 e. The number of amides is 1. The van der Waals surface area contributed by atoms with Crippen molar-refractivity contribution in [2.45, 2.75) is 0 Å². The van der Waals surface area contributed by atoms with E-state index in [2.05, 4.69) is 14.9 Å². The van der Waals surface area contributed by atoms with Gasteiger partial charge >= 0.3 is 0 Å². The van der Waals surface area contributed by atoms with Crippen molar-refractivity contribution < 1.29 is 27.4 Å². The maximum atomic E-state index is 12.2. The number of hydrogen-bond acceptors (Lipinski definition) is 7. The molecule has 0 aliphatic carbocycles. The van der Waals surface area contributed by atoms with Crippen LogP contribution in [0, 0.1) is 0 Å². The molecule has 1 aliphatic rings. The Kier molecular flexibility index (Phi) is 8.29. The molecule has 0 spiro atoms. The predicted molar refractivity (Wildman–Crippen MR) is 101 cm³/mol. The van der Waals surface area contributed by atoms with Gasteiger partial charge in [0.1, 0.15) is 0 Å². The first-order valence-electron chi connectivity index (χ1n) is 8.73. The lowest BCUT2D eigenvalue weighted by atomic mass is 10.2. The molecular formula is C17H27N3O6S. The van der Waals surface area contributed by atoms with Gasteiger partial charge in [-0.25, -0.2) is 13.1 Å². The van der Waals surface area contributed by atoms with Crippen LogP contribution in [0.1, 0.15) is 10.4 Å². The Morgan fingerprint density at radius 3 is 2.52 bits per heavy atom. The molecule has 1 aromatic carbocycles. The predicted octanol–water partition coefficient (Wildman–Crippen LogP) is -0.315. The third kappa shape index (κ3) is 6.98. The van der Waals surface area contributed by atoms with Gasteiger partial charge in [-0.2, -0.15) is 0 Å². The largest absolute Gasteiger partial charge is 0.493 e. The highest BCUT2D eigenvalue weighted by Gasteiger charge is 2.15. The van der Waals surface area contributed by atoms with Gasteiger partial charge in [0.05, 0.1) is 33.2 Å². The summed E-state index contributed by atoms with van der Waals surface area (Å²) in [7, 11) is -0.462. The van der Waals surface area contributed by atoms with Gasteiger partial charge in [0, 0.05) is 38.3 Å². The van der Waals surface area contributed by atoms with Crippen LogP contribution in [-0.2, 0) is 14.8 Å². The van der Waals surface area contributed by atoms with Crippen molar-refractivity contribution in [3.8, 4) is 11.5 Å². The average molecular weight is 401 g/mol. The fraction of sp³-hybridized carbons (Fsp3) is 0.588. The Balaban J connectivity index is 1.74. The van der Waals surface area contributed by atoms with Crippen LogP contribution in [0.3, 0.4) is 0 Å². The van der Waals surface area contributed by atoms with Crippen molar-refractivity contribution >= 4 is 15.9 Å². The number of hydrogen-bond donors (Lipinski definition) is 2. The molecule has 0 atom stereocenters. The van der Waals surface area contributed by atoms with Crippen LogP contribution in [0.4, 0.5) is 0 Å². The lowest BCUT2D eigenvalue weighted by Crippen LogP contribution is -2.42. The van der Waals surface area contributed by atoms with Crippen LogP contribution in [0.25, 0.3) is 0 Å². The van der Waals surface area contributed by atoms with Crippen LogP contribution in [0.2, 0.25) is 0 Å². The summed E-state index contributed by atoms with van der Waals surface area (Å²) >= 11 is 0. The molecule has 27 heavy (non-hydrogen) atoms. The van der Waals surface area contributed by atoms with E-state index >= 15 is 0 Å². The number of rotatable bonds is 10. The molecule has 0 saturated carbocycles. The van der Waals surface area contributed by atoms with Crippen molar-refractivity contribution in [2.75, 3.05) is 65.9 Å². The average Bonchev–Trinajstić information content (AvgIpc) is 2.67. The monoisotopic (exact) mass is 401 g/mol. The van der Waals surface area contributed by atoms with E-state index in [4.69, 9.17) is 14.2 Å². The Morgan fingerprint density at radius 1 is 1.15 bits per heavy atom. The second-order valence-electron chi connectivity index (χ2n) is 5.99. The smallest absolute Gasteiger partial charge is 0.251 e. The van der Waals surface area contributed by atoms with Crippen molar-refractivity contribution in [3.05, 3.63) is 23.8 Å². The molecular weight excluding hydrogens is 374 g/mol. The summed E-state index contributed by atoms with van der Waals surface area (Å²) in [4.78, 5) is 14.3. The summed E-state index contributed by atoms with van der Waals surface area (Å²) < 4.78 is 42.2. The fourth-order valence-electron chi connectivity index (χ4n) is 2.63. The summed E-state index contributed by atoms with van der Waals surface area (Å²) in [5, 5.41) is 2.60. The fourth-order valence-corrected chi connectivity index (χ4v) is 3.55. The lowest BCUT2D eigenvalue weighted by molar-refractivity contribution is 0.0390. The normalized spacial score (nSPS) is 15.3. The van der Waals surface area contributed by atoms with Gasteiger partial charge in [0.2, 0.25) is 10.0 Å². The first-order chi connectivity index (χ1) is 12.9. The van der Waals surface area contributed by atoms with Crippen molar-refractivity contribution in [2.24, 2.45) is 0 Å². The van der Waals surface area contributed by atoms with Crippen LogP contribution < -0.4 is 19.5 Å². The number of nitrogens with one attached hydrogen (secondary N) is 2. The number of sulfonamides is 1. The van der Waals surface area contributed by atoms with E-state index in [1.54, 1.807) is 18.2 Å². The Bertz CT molecular complexity index is 719. The highest BCUT2D eigenvalue weighted by atomic mass is 32.2. The lowest BCUT2D eigenvalue weighted by Gasteiger charge is -2.26. The Labute approximate surface area is 160 Å². The highest BCUT2D eigenvalue weighted by Crippen LogP contribution is 2.27. The summed E-state index contributed by atoms with van der Waals surface area (Å²) in [6.45, 7) is 3.96. The van der Waals surface area contributed by atoms with E-state index in [0.29, 0.717) is 43.4 Å². The zero-order valence-corrected chi connectivity index (χ0v) is 16.5. The quantitative estimate of drug-likeness (QED) is 0.554. The second kappa shape index (κ2) is 10.5. The van der Waals surface area contributed by atoms with Crippen LogP contribution in [-0.4, -0.2) is 85.1 Å². The molecule has 0 bridgehead atoms. The number of carbonyl (C=O) groups excluding carboxylic acids is 1. The molecule has 1 heterocycles. The van der Waals surface area contributed by atoms with Gasteiger partial charge in [-0.1, -0.05) is 0 Å². The van der Waals surface area contributed by atoms with Crippen molar-refractivity contribution in [3.63, 3.8) is 0 Å². The second-order valence-corrected chi connectivity index (χ2v) is 7.92. The Hall–Kier alpha value is -1.88. The van der Waals surface area contributed by atoms with E-state index in [-0.39, 0.29) is 18.2 Å². The van der Waals surface area contributed by atoms with Gasteiger partial charge < -0.3 is 19.5 Å². The van der Waals surface area contributed by atoms with Crippen LogP contribution >= 0.6 is 0 Å². The SMILES string of the molecule is COc1ccc(C(=O)NCCS(=O)(=O)NCCN2CCOCC2)cc1OC. The number of morpholine rings is 1. The molecule has 0 radical (unpaired) electrons. The van der Waals surface area contributed by atoms with Crippen molar-refractivity contribution in [1.82, 2.24) is 14.9 Å². The third-order valence-corrected chi connectivity index (χ3v) is 5.54. The molecule has 1 aromatic rings. The van der Waals surface area contributed by atoms with Crippen molar-refractivity contribution in [1.29, 1.82) is 0 Å². The third-order valence-electron chi connectivity index (χ3n) is 4.16. The minimum atomic E-state index is -3.45. The Morgan fingerprint density at radius 2 is 1.85 bits per heavy atom. The van der Waals surface area contributed by atoms with Crippen LogP contribution in [0.5, 0.6) is 11.5 Å². The van der Waals surface area contributed by atoms with Gasteiger partial charge in [0.25, 0.3) is 5.91 Å². The topological polar surface area (TPSA) is 106 Å². The van der Waals surface area contributed by atoms with E-state index in [1.165, 1.54) is 14.2 Å². The molecule has 1 saturated heterocycles. The number of ether oxygens (including phenoxy) is 3. The molecule has 1 fully saturated rings. The minimum absolute atomic E-state index is 0.0140. The first kappa shape index (κ1) is 21.4. The number of nitrogens with zero attached hydrogens (tertiary/aromatic N) is 1. The molecule has 2 N–H and O–H groups in total. The molecule has 2 rings (SSSR count). The van der Waals surface area contributed by atoms with Gasteiger partial charge in [0.15, 0.2) is 11.5 Å². The minimum Gasteiger partial charge on any atom is -0.493 e. The van der Waals surface area contributed by atoms with E-state index in [9.17, 15) is 13.2 Å². The summed E-state index contributed by atoms with van der Waals surface area (Å²) in [5.41, 5.74) is 0.366. The number of benzene rings is 1. The zero-order valence-electron chi connectivity index (χ0n) is 15.7. The molecule has 1 amide bonds. The number of carbonyl (C=O) groups is 1. The highest BCUT2D eigenvalue weighted by molar-refractivity contribution is 7.89. The van der Waals surface area contributed by atoms with E-state index in [1.807, 2.05) is 0 Å².